The van der Waals surface area contributed by atoms with Crippen LogP contribution in [0, 0.1) is 0 Å². The van der Waals surface area contributed by atoms with Crippen LogP contribution >= 0.6 is 0 Å². The molecule has 1 heterocycles. The van der Waals surface area contributed by atoms with Gasteiger partial charge in [0, 0.05) is 18.8 Å². The second-order valence-corrected chi connectivity index (χ2v) is 7.41. The smallest absolute Gasteiger partial charge is 0.243 e. The molecule has 19 heavy (non-hydrogen) atoms. The first-order chi connectivity index (χ1) is 9.09. The van der Waals surface area contributed by atoms with Gasteiger partial charge in [-0.3, -0.25) is 0 Å². The van der Waals surface area contributed by atoms with Crippen LogP contribution in [0.3, 0.4) is 0 Å². The second-order valence-electron chi connectivity index (χ2n) is 5.47. The normalized spacial score (nSPS) is 20.4. The minimum absolute atomic E-state index is 0.382. The number of hydrogen-bond donors (Lipinski definition) is 1. The van der Waals surface area contributed by atoms with E-state index in [9.17, 15) is 8.42 Å². The Balaban J connectivity index is 2.03. The molecule has 2 aliphatic rings. The van der Waals surface area contributed by atoms with E-state index < -0.39 is 10.0 Å². The zero-order chi connectivity index (χ0) is 13.5. The summed E-state index contributed by atoms with van der Waals surface area (Å²) in [5, 5.41) is 0. The number of nitrogen functional groups attached to an aromatic ring is 1. The van der Waals surface area contributed by atoms with Crippen molar-refractivity contribution in [2.75, 3.05) is 18.8 Å². The van der Waals surface area contributed by atoms with Gasteiger partial charge in [0.25, 0.3) is 0 Å². The van der Waals surface area contributed by atoms with Crippen LogP contribution in [0.5, 0.6) is 0 Å². The van der Waals surface area contributed by atoms with Crippen LogP contribution in [0.15, 0.2) is 17.0 Å². The molecular formula is C14H20N2O2S. The highest BCUT2D eigenvalue weighted by atomic mass is 32.2. The number of fused-ring (bicyclic) bond motifs is 1. The quantitative estimate of drug-likeness (QED) is 0.842. The van der Waals surface area contributed by atoms with E-state index in [-0.39, 0.29) is 0 Å². The summed E-state index contributed by atoms with van der Waals surface area (Å²) in [4.78, 5) is 0.382. The molecule has 0 radical (unpaired) electrons. The molecule has 0 saturated carbocycles. The fourth-order valence-electron chi connectivity index (χ4n) is 3.10. The molecule has 1 fully saturated rings. The van der Waals surface area contributed by atoms with Gasteiger partial charge < -0.3 is 5.73 Å². The minimum atomic E-state index is -3.34. The highest BCUT2D eigenvalue weighted by molar-refractivity contribution is 7.89. The van der Waals surface area contributed by atoms with Crippen molar-refractivity contribution in [3.8, 4) is 0 Å². The molecule has 1 aromatic carbocycles. The molecule has 1 aromatic rings. The number of benzene rings is 1. The summed E-state index contributed by atoms with van der Waals surface area (Å²) in [6, 6.07) is 3.50. The summed E-state index contributed by atoms with van der Waals surface area (Å²) < 4.78 is 26.7. The Morgan fingerprint density at radius 1 is 1.00 bits per heavy atom. The van der Waals surface area contributed by atoms with Gasteiger partial charge in [-0.05, 0) is 61.8 Å². The average molecular weight is 280 g/mol. The predicted octanol–water partition coefficient (Wildman–Crippen LogP) is 1.93. The zero-order valence-corrected chi connectivity index (χ0v) is 11.9. The first-order valence-electron chi connectivity index (χ1n) is 7.00. The third-order valence-electron chi connectivity index (χ3n) is 4.18. The SMILES string of the molecule is Nc1cc(S(=O)(=O)N2CCCC2)cc2c1CCCC2. The highest BCUT2D eigenvalue weighted by Gasteiger charge is 2.28. The van der Waals surface area contributed by atoms with Crippen LogP contribution in [-0.4, -0.2) is 25.8 Å². The molecule has 1 aliphatic heterocycles. The Morgan fingerprint density at radius 3 is 2.42 bits per heavy atom. The number of sulfonamides is 1. The van der Waals surface area contributed by atoms with E-state index in [2.05, 4.69) is 0 Å². The van der Waals surface area contributed by atoms with Gasteiger partial charge in [0.05, 0.1) is 4.90 Å². The lowest BCUT2D eigenvalue weighted by Crippen LogP contribution is -2.28. The number of rotatable bonds is 2. The molecule has 0 bridgehead atoms. The lowest BCUT2D eigenvalue weighted by molar-refractivity contribution is 0.477. The molecular weight excluding hydrogens is 260 g/mol. The maximum absolute atomic E-state index is 12.5. The first-order valence-corrected chi connectivity index (χ1v) is 8.44. The zero-order valence-electron chi connectivity index (χ0n) is 11.1. The summed E-state index contributed by atoms with van der Waals surface area (Å²) in [5.74, 6) is 0. The van der Waals surface area contributed by atoms with Gasteiger partial charge in [-0.15, -0.1) is 0 Å². The van der Waals surface area contributed by atoms with Gasteiger partial charge in [-0.25, -0.2) is 8.42 Å². The molecule has 5 heteroatoms. The van der Waals surface area contributed by atoms with Crippen LogP contribution in [0.4, 0.5) is 5.69 Å². The number of hydrogen-bond acceptors (Lipinski definition) is 3. The molecule has 1 aliphatic carbocycles. The van der Waals surface area contributed by atoms with E-state index in [0.29, 0.717) is 23.7 Å². The van der Waals surface area contributed by atoms with Gasteiger partial charge in [-0.2, -0.15) is 4.31 Å². The lowest BCUT2D eigenvalue weighted by atomic mass is 9.91. The van der Waals surface area contributed by atoms with Crippen LogP contribution < -0.4 is 5.73 Å². The molecule has 0 unspecified atom stereocenters. The Kier molecular flexibility index (Phi) is 3.27. The number of anilines is 1. The summed E-state index contributed by atoms with van der Waals surface area (Å²) in [6.45, 7) is 1.28. The largest absolute Gasteiger partial charge is 0.398 e. The van der Waals surface area contributed by atoms with E-state index in [4.69, 9.17) is 5.73 Å². The predicted molar refractivity (Wildman–Crippen MR) is 75.5 cm³/mol. The summed E-state index contributed by atoms with van der Waals surface area (Å²) in [7, 11) is -3.34. The van der Waals surface area contributed by atoms with E-state index in [1.165, 1.54) is 0 Å². The van der Waals surface area contributed by atoms with Crippen molar-refractivity contribution in [2.45, 2.75) is 43.4 Å². The maximum atomic E-state index is 12.5. The van der Waals surface area contributed by atoms with Crippen LogP contribution in [0.1, 0.15) is 36.8 Å². The van der Waals surface area contributed by atoms with Gasteiger partial charge in [0.2, 0.25) is 10.0 Å². The highest BCUT2D eigenvalue weighted by Crippen LogP contribution is 2.31. The van der Waals surface area contributed by atoms with Gasteiger partial charge >= 0.3 is 0 Å². The van der Waals surface area contributed by atoms with Crippen molar-refractivity contribution in [3.63, 3.8) is 0 Å². The van der Waals surface area contributed by atoms with Gasteiger partial charge in [0.1, 0.15) is 0 Å². The molecule has 3 rings (SSSR count). The van der Waals surface area contributed by atoms with Gasteiger partial charge in [0.15, 0.2) is 0 Å². The summed E-state index contributed by atoms with van der Waals surface area (Å²) in [5.41, 5.74) is 8.99. The molecule has 1 saturated heterocycles. The fourth-order valence-corrected chi connectivity index (χ4v) is 4.70. The Morgan fingerprint density at radius 2 is 1.68 bits per heavy atom. The second kappa shape index (κ2) is 4.80. The number of nitrogens with zero attached hydrogens (tertiary/aromatic N) is 1. The van der Waals surface area contributed by atoms with Crippen molar-refractivity contribution < 1.29 is 8.42 Å². The van der Waals surface area contributed by atoms with Crippen molar-refractivity contribution in [2.24, 2.45) is 0 Å². The summed E-state index contributed by atoms with van der Waals surface area (Å²) in [6.07, 6.45) is 6.11. The third-order valence-corrected chi connectivity index (χ3v) is 6.05. The Labute approximate surface area is 114 Å². The molecule has 0 amide bonds. The van der Waals surface area contributed by atoms with Crippen LogP contribution in [-0.2, 0) is 22.9 Å². The number of aryl methyl sites for hydroxylation is 1. The van der Waals surface area contributed by atoms with E-state index in [0.717, 1.165) is 49.7 Å². The van der Waals surface area contributed by atoms with Gasteiger partial charge in [-0.1, -0.05) is 0 Å². The Bertz CT molecular complexity index is 590. The standard InChI is InChI=1S/C14H20N2O2S/c15-14-10-12(9-11-5-1-2-6-13(11)14)19(17,18)16-7-3-4-8-16/h9-10H,1-8,15H2. The van der Waals surface area contributed by atoms with Crippen LogP contribution in [0.25, 0.3) is 0 Å². The van der Waals surface area contributed by atoms with E-state index >= 15 is 0 Å². The molecule has 104 valence electrons. The monoisotopic (exact) mass is 280 g/mol. The lowest BCUT2D eigenvalue weighted by Gasteiger charge is -2.21. The van der Waals surface area contributed by atoms with Crippen molar-refractivity contribution in [1.29, 1.82) is 0 Å². The molecule has 2 N–H and O–H groups in total. The average Bonchev–Trinajstić information content (AvgIpc) is 2.93. The molecule has 0 aromatic heterocycles. The third kappa shape index (κ3) is 2.25. The Hall–Kier alpha value is -1.07. The van der Waals surface area contributed by atoms with E-state index in [1.54, 1.807) is 10.4 Å². The molecule has 0 spiro atoms. The molecule has 4 nitrogen and oxygen atoms in total. The van der Waals surface area contributed by atoms with Crippen LogP contribution in [0.2, 0.25) is 0 Å². The summed E-state index contributed by atoms with van der Waals surface area (Å²) >= 11 is 0. The van der Waals surface area contributed by atoms with Crippen molar-refractivity contribution in [1.82, 2.24) is 4.31 Å². The fraction of sp³-hybridized carbons (Fsp3) is 0.571. The minimum Gasteiger partial charge on any atom is -0.398 e. The van der Waals surface area contributed by atoms with Crippen molar-refractivity contribution in [3.05, 3.63) is 23.3 Å². The maximum Gasteiger partial charge on any atom is 0.243 e. The first kappa shape index (κ1) is 12.9. The van der Waals surface area contributed by atoms with Crippen molar-refractivity contribution >= 4 is 15.7 Å². The topological polar surface area (TPSA) is 63.4 Å². The molecule has 0 atom stereocenters. The van der Waals surface area contributed by atoms with E-state index in [1.807, 2.05) is 6.07 Å². The number of nitrogens with two attached hydrogens (primary N) is 1.